The van der Waals surface area contributed by atoms with Crippen LogP contribution in [0.2, 0.25) is 0 Å². The molecular weight excluding hydrogens is 348 g/mol. The van der Waals surface area contributed by atoms with E-state index in [1.165, 1.54) is 0 Å². The molecule has 0 saturated carbocycles. The molecule has 1 saturated heterocycles. The molecule has 6 heteroatoms. The summed E-state index contributed by atoms with van der Waals surface area (Å²) in [5.74, 6) is 0.728. The molecule has 0 N–H and O–H groups in total. The highest BCUT2D eigenvalue weighted by Crippen LogP contribution is 2.26. The normalized spacial score (nSPS) is 17.2. The molecule has 2 aromatic rings. The standard InChI is InChI=1S/C20H26N2O3S/c1-20(2,3)16-6-8-19(9-7-16)26(23,24)22-13-10-17(11-14-22)25-18-5-4-12-21-15-18/h4-9,12,15,17H,10-11,13-14H2,1-3H3. The molecule has 1 aromatic heterocycles. The molecule has 0 aliphatic carbocycles. The summed E-state index contributed by atoms with van der Waals surface area (Å²) in [5, 5.41) is 0. The van der Waals surface area contributed by atoms with Crippen molar-refractivity contribution in [3.8, 4) is 5.75 Å². The third-order valence-corrected chi connectivity index (χ3v) is 6.61. The van der Waals surface area contributed by atoms with E-state index in [4.69, 9.17) is 4.74 Å². The Hall–Kier alpha value is -1.92. The minimum atomic E-state index is -3.46. The Morgan fingerprint density at radius 1 is 1.08 bits per heavy atom. The number of hydrogen-bond donors (Lipinski definition) is 0. The average molecular weight is 375 g/mol. The van der Waals surface area contributed by atoms with Gasteiger partial charge in [-0.15, -0.1) is 0 Å². The third kappa shape index (κ3) is 4.24. The van der Waals surface area contributed by atoms with E-state index in [0.29, 0.717) is 30.8 Å². The Bertz CT molecular complexity index is 820. The molecule has 0 amide bonds. The zero-order valence-corrected chi connectivity index (χ0v) is 16.4. The summed E-state index contributed by atoms with van der Waals surface area (Å²) in [7, 11) is -3.46. The van der Waals surface area contributed by atoms with Gasteiger partial charge in [0.1, 0.15) is 11.9 Å². The first kappa shape index (κ1) is 18.9. The van der Waals surface area contributed by atoms with E-state index in [0.717, 1.165) is 11.3 Å². The van der Waals surface area contributed by atoms with Gasteiger partial charge in [0.05, 0.1) is 11.1 Å². The number of sulfonamides is 1. The Labute approximate surface area is 156 Å². The molecule has 0 atom stereocenters. The number of nitrogens with zero attached hydrogens (tertiary/aromatic N) is 2. The average Bonchev–Trinajstić information content (AvgIpc) is 2.62. The molecule has 26 heavy (non-hydrogen) atoms. The molecule has 1 aliphatic rings. The number of hydrogen-bond acceptors (Lipinski definition) is 4. The Morgan fingerprint density at radius 2 is 1.73 bits per heavy atom. The Kier molecular flexibility index (Phi) is 5.34. The second-order valence-electron chi connectivity index (χ2n) is 7.68. The van der Waals surface area contributed by atoms with Gasteiger partial charge < -0.3 is 4.74 Å². The van der Waals surface area contributed by atoms with E-state index in [-0.39, 0.29) is 11.5 Å². The van der Waals surface area contributed by atoms with Crippen molar-refractivity contribution in [2.45, 2.75) is 50.0 Å². The van der Waals surface area contributed by atoms with Crippen molar-refractivity contribution in [2.75, 3.05) is 13.1 Å². The Morgan fingerprint density at radius 3 is 2.27 bits per heavy atom. The van der Waals surface area contributed by atoms with Crippen LogP contribution in [0.1, 0.15) is 39.2 Å². The number of benzene rings is 1. The first-order valence-corrected chi connectivity index (χ1v) is 10.4. The van der Waals surface area contributed by atoms with Crippen molar-refractivity contribution in [3.05, 3.63) is 54.4 Å². The van der Waals surface area contributed by atoms with Crippen LogP contribution in [0.3, 0.4) is 0 Å². The van der Waals surface area contributed by atoms with Gasteiger partial charge in [-0.3, -0.25) is 4.98 Å². The smallest absolute Gasteiger partial charge is 0.243 e. The SMILES string of the molecule is CC(C)(C)c1ccc(S(=O)(=O)N2CCC(Oc3cccnc3)CC2)cc1. The van der Waals surface area contributed by atoms with Crippen molar-refractivity contribution in [1.82, 2.24) is 9.29 Å². The fourth-order valence-corrected chi connectivity index (χ4v) is 4.55. The van der Waals surface area contributed by atoms with Crippen LogP contribution in [0, 0.1) is 0 Å². The zero-order chi connectivity index (χ0) is 18.8. The zero-order valence-electron chi connectivity index (χ0n) is 15.6. The predicted molar refractivity (Wildman–Crippen MR) is 102 cm³/mol. The maximum absolute atomic E-state index is 12.9. The van der Waals surface area contributed by atoms with E-state index in [1.54, 1.807) is 28.8 Å². The molecule has 0 spiro atoms. The minimum Gasteiger partial charge on any atom is -0.489 e. The van der Waals surface area contributed by atoms with Crippen molar-refractivity contribution >= 4 is 10.0 Å². The van der Waals surface area contributed by atoms with Gasteiger partial charge in [-0.05, 0) is 48.1 Å². The second-order valence-corrected chi connectivity index (χ2v) is 9.62. The van der Waals surface area contributed by atoms with E-state index >= 15 is 0 Å². The van der Waals surface area contributed by atoms with E-state index in [1.807, 2.05) is 24.3 Å². The molecule has 0 unspecified atom stereocenters. The minimum absolute atomic E-state index is 0.00424. The first-order valence-electron chi connectivity index (χ1n) is 8.94. The van der Waals surface area contributed by atoms with Crippen LogP contribution < -0.4 is 4.74 Å². The molecule has 5 nitrogen and oxygen atoms in total. The second kappa shape index (κ2) is 7.37. The predicted octanol–water partition coefficient (Wildman–Crippen LogP) is 3.61. The Balaban J connectivity index is 1.64. The van der Waals surface area contributed by atoms with E-state index in [9.17, 15) is 8.42 Å². The molecule has 1 aliphatic heterocycles. The van der Waals surface area contributed by atoms with Crippen LogP contribution in [0.15, 0.2) is 53.7 Å². The molecule has 140 valence electrons. The van der Waals surface area contributed by atoms with Gasteiger partial charge in [-0.25, -0.2) is 8.42 Å². The summed E-state index contributed by atoms with van der Waals surface area (Å²) in [6, 6.07) is 10.9. The largest absolute Gasteiger partial charge is 0.489 e. The topological polar surface area (TPSA) is 59.5 Å². The van der Waals surface area contributed by atoms with Crippen LogP contribution >= 0.6 is 0 Å². The lowest BCUT2D eigenvalue weighted by molar-refractivity contribution is 0.134. The van der Waals surface area contributed by atoms with Crippen LogP contribution in [0.5, 0.6) is 5.75 Å². The number of rotatable bonds is 4. The first-order chi connectivity index (χ1) is 12.3. The molecule has 1 aromatic carbocycles. The van der Waals surface area contributed by atoms with Crippen molar-refractivity contribution in [1.29, 1.82) is 0 Å². The highest BCUT2D eigenvalue weighted by Gasteiger charge is 2.30. The summed E-state index contributed by atoms with van der Waals surface area (Å²) >= 11 is 0. The fourth-order valence-electron chi connectivity index (χ4n) is 3.08. The third-order valence-electron chi connectivity index (χ3n) is 4.70. The van der Waals surface area contributed by atoms with Gasteiger partial charge in [-0.1, -0.05) is 32.9 Å². The van der Waals surface area contributed by atoms with E-state index in [2.05, 4.69) is 25.8 Å². The number of aromatic nitrogens is 1. The maximum Gasteiger partial charge on any atom is 0.243 e. The monoisotopic (exact) mass is 374 g/mol. The van der Waals surface area contributed by atoms with Crippen LogP contribution in [0.4, 0.5) is 0 Å². The highest BCUT2D eigenvalue weighted by molar-refractivity contribution is 7.89. The summed E-state index contributed by atoms with van der Waals surface area (Å²) in [4.78, 5) is 4.40. The van der Waals surface area contributed by atoms with Crippen molar-refractivity contribution in [2.24, 2.45) is 0 Å². The van der Waals surface area contributed by atoms with Crippen LogP contribution in [-0.4, -0.2) is 36.9 Å². The number of pyridine rings is 1. The lowest BCUT2D eigenvalue weighted by Gasteiger charge is -2.31. The van der Waals surface area contributed by atoms with Crippen LogP contribution in [0.25, 0.3) is 0 Å². The molecule has 0 radical (unpaired) electrons. The molecule has 0 bridgehead atoms. The maximum atomic E-state index is 12.9. The summed E-state index contributed by atoms with van der Waals surface area (Å²) in [6.07, 6.45) is 4.75. The molecule has 3 rings (SSSR count). The lowest BCUT2D eigenvalue weighted by atomic mass is 9.87. The van der Waals surface area contributed by atoms with Crippen LogP contribution in [-0.2, 0) is 15.4 Å². The molecular formula is C20H26N2O3S. The van der Waals surface area contributed by atoms with Gasteiger partial charge in [0.15, 0.2) is 0 Å². The summed E-state index contributed by atoms with van der Waals surface area (Å²) < 4.78 is 33.2. The van der Waals surface area contributed by atoms with Crippen molar-refractivity contribution < 1.29 is 13.2 Å². The van der Waals surface area contributed by atoms with Gasteiger partial charge >= 0.3 is 0 Å². The van der Waals surface area contributed by atoms with Crippen molar-refractivity contribution in [3.63, 3.8) is 0 Å². The summed E-state index contributed by atoms with van der Waals surface area (Å²) in [5.41, 5.74) is 1.13. The molecule has 1 fully saturated rings. The highest BCUT2D eigenvalue weighted by atomic mass is 32.2. The fraction of sp³-hybridized carbons (Fsp3) is 0.450. The quantitative estimate of drug-likeness (QED) is 0.820. The van der Waals surface area contributed by atoms with Gasteiger partial charge in [0.25, 0.3) is 0 Å². The number of piperidine rings is 1. The number of ether oxygens (including phenoxy) is 1. The summed E-state index contributed by atoms with van der Waals surface area (Å²) in [6.45, 7) is 7.28. The lowest BCUT2D eigenvalue weighted by Crippen LogP contribution is -2.41. The van der Waals surface area contributed by atoms with Gasteiger partial charge in [0, 0.05) is 19.3 Å². The molecule has 2 heterocycles. The van der Waals surface area contributed by atoms with Gasteiger partial charge in [0.2, 0.25) is 10.0 Å². The van der Waals surface area contributed by atoms with Gasteiger partial charge in [-0.2, -0.15) is 4.31 Å². The van der Waals surface area contributed by atoms with E-state index < -0.39 is 10.0 Å².